The summed E-state index contributed by atoms with van der Waals surface area (Å²) in [7, 11) is 0. The molecule has 1 unspecified atom stereocenters. The van der Waals surface area contributed by atoms with E-state index in [1.165, 1.54) is 6.07 Å². The number of fused-ring (bicyclic) bond motifs is 1. The molecule has 21 heavy (non-hydrogen) atoms. The minimum atomic E-state index is -0.540. The number of para-hydroxylation sites is 1. The molecule has 0 aromatic heterocycles. The Morgan fingerprint density at radius 3 is 2.71 bits per heavy atom. The summed E-state index contributed by atoms with van der Waals surface area (Å²) in [6.07, 6.45) is 0. The number of nitro groups is 1. The van der Waals surface area contributed by atoms with Gasteiger partial charge in [0.15, 0.2) is 0 Å². The zero-order chi connectivity index (χ0) is 15.0. The number of benzene rings is 2. The molecule has 0 spiro atoms. The topological polar surface area (TPSA) is 84.3 Å². The van der Waals surface area contributed by atoms with Crippen molar-refractivity contribution in [2.75, 3.05) is 10.6 Å². The summed E-state index contributed by atoms with van der Waals surface area (Å²) < 4.78 is 0. The molecule has 3 rings (SSSR count). The lowest BCUT2D eigenvalue weighted by molar-refractivity contribution is -0.385. The van der Waals surface area contributed by atoms with Gasteiger partial charge in [-0.1, -0.05) is 24.3 Å². The molecule has 0 bridgehead atoms. The molecule has 0 fully saturated rings. The van der Waals surface area contributed by atoms with Crippen LogP contribution in [-0.2, 0) is 4.79 Å². The average molecular weight is 283 g/mol. The molecule has 2 aromatic rings. The van der Waals surface area contributed by atoms with Crippen LogP contribution in [0.25, 0.3) is 0 Å². The summed E-state index contributed by atoms with van der Waals surface area (Å²) in [5.74, 6) is -0.165. The summed E-state index contributed by atoms with van der Waals surface area (Å²) >= 11 is 0. The van der Waals surface area contributed by atoms with E-state index in [4.69, 9.17) is 0 Å². The second kappa shape index (κ2) is 4.90. The third-order valence-electron chi connectivity index (χ3n) is 3.59. The minimum Gasteiger partial charge on any atom is -0.370 e. The fourth-order valence-electron chi connectivity index (χ4n) is 2.49. The molecule has 2 aromatic carbocycles. The van der Waals surface area contributed by atoms with Gasteiger partial charge >= 0.3 is 0 Å². The normalized spacial score (nSPS) is 16.2. The van der Waals surface area contributed by atoms with Crippen molar-refractivity contribution in [3.63, 3.8) is 0 Å². The Hall–Kier alpha value is -2.89. The van der Waals surface area contributed by atoms with Gasteiger partial charge < -0.3 is 10.6 Å². The Labute approximate surface area is 120 Å². The van der Waals surface area contributed by atoms with Gasteiger partial charge in [0.1, 0.15) is 6.04 Å². The molecule has 0 saturated carbocycles. The first kappa shape index (κ1) is 13.1. The summed E-state index contributed by atoms with van der Waals surface area (Å²) in [5.41, 5.74) is 2.74. The van der Waals surface area contributed by atoms with Crippen LogP contribution in [0, 0.1) is 17.0 Å². The quantitative estimate of drug-likeness (QED) is 0.670. The second-order valence-electron chi connectivity index (χ2n) is 4.86. The molecule has 0 saturated heterocycles. The molecule has 1 heterocycles. The number of hydrogen-bond acceptors (Lipinski definition) is 4. The Bertz CT molecular complexity index is 743. The third kappa shape index (κ3) is 2.20. The predicted octanol–water partition coefficient (Wildman–Crippen LogP) is 3.01. The second-order valence-corrected chi connectivity index (χ2v) is 4.86. The molecule has 0 radical (unpaired) electrons. The predicted molar refractivity (Wildman–Crippen MR) is 79.3 cm³/mol. The van der Waals surface area contributed by atoms with Crippen LogP contribution in [0.1, 0.15) is 17.2 Å². The van der Waals surface area contributed by atoms with Gasteiger partial charge in [0, 0.05) is 28.6 Å². The van der Waals surface area contributed by atoms with Crippen LogP contribution in [0.4, 0.5) is 17.1 Å². The smallest absolute Gasteiger partial charge is 0.274 e. The molecule has 0 aliphatic carbocycles. The molecular weight excluding hydrogens is 270 g/mol. The van der Waals surface area contributed by atoms with Crippen molar-refractivity contribution in [2.45, 2.75) is 13.0 Å². The summed E-state index contributed by atoms with van der Waals surface area (Å²) in [4.78, 5) is 22.6. The van der Waals surface area contributed by atoms with Gasteiger partial charge in [-0.25, -0.2) is 0 Å². The van der Waals surface area contributed by atoms with Crippen molar-refractivity contribution >= 4 is 23.0 Å². The summed E-state index contributed by atoms with van der Waals surface area (Å²) in [5, 5.41) is 16.9. The average Bonchev–Trinajstić information content (AvgIpc) is 2.77. The van der Waals surface area contributed by atoms with Crippen molar-refractivity contribution in [3.05, 3.63) is 63.7 Å². The van der Waals surface area contributed by atoms with Crippen LogP contribution in [0.15, 0.2) is 42.5 Å². The Kier molecular flexibility index (Phi) is 3.06. The van der Waals surface area contributed by atoms with Crippen molar-refractivity contribution in [1.82, 2.24) is 0 Å². The van der Waals surface area contributed by atoms with Crippen LogP contribution in [0.2, 0.25) is 0 Å². The summed E-state index contributed by atoms with van der Waals surface area (Å²) in [6.45, 7) is 1.67. The highest BCUT2D eigenvalue weighted by molar-refractivity contribution is 6.04. The first-order valence-electron chi connectivity index (χ1n) is 6.48. The SMILES string of the molecule is Cc1c(NC2C(=O)Nc3ccccc32)cccc1[N+](=O)[O-]. The van der Waals surface area contributed by atoms with Gasteiger partial charge in [-0.2, -0.15) is 0 Å². The van der Waals surface area contributed by atoms with Gasteiger partial charge in [0.05, 0.1) is 4.92 Å². The summed E-state index contributed by atoms with van der Waals surface area (Å²) in [6, 6.07) is 11.6. The molecule has 6 nitrogen and oxygen atoms in total. The number of hydrogen-bond donors (Lipinski definition) is 2. The molecule has 1 aliphatic heterocycles. The molecule has 6 heteroatoms. The van der Waals surface area contributed by atoms with Gasteiger partial charge in [0.25, 0.3) is 11.6 Å². The third-order valence-corrected chi connectivity index (χ3v) is 3.59. The van der Waals surface area contributed by atoms with Crippen LogP contribution < -0.4 is 10.6 Å². The van der Waals surface area contributed by atoms with E-state index >= 15 is 0 Å². The molecule has 1 atom stereocenters. The molecule has 1 aliphatic rings. The Balaban J connectivity index is 1.96. The van der Waals surface area contributed by atoms with Crippen molar-refractivity contribution < 1.29 is 9.72 Å². The largest absolute Gasteiger partial charge is 0.370 e. The number of amides is 1. The van der Waals surface area contributed by atoms with Crippen molar-refractivity contribution in [2.24, 2.45) is 0 Å². The number of nitro benzene ring substituents is 1. The lowest BCUT2D eigenvalue weighted by Gasteiger charge is -2.15. The fourth-order valence-corrected chi connectivity index (χ4v) is 2.49. The van der Waals surface area contributed by atoms with Gasteiger partial charge in [-0.15, -0.1) is 0 Å². The minimum absolute atomic E-state index is 0.0340. The number of nitrogens with zero attached hydrogens (tertiary/aromatic N) is 1. The highest BCUT2D eigenvalue weighted by atomic mass is 16.6. The highest BCUT2D eigenvalue weighted by Gasteiger charge is 2.30. The molecule has 106 valence electrons. The maximum absolute atomic E-state index is 12.1. The van der Waals surface area contributed by atoms with Crippen molar-refractivity contribution in [3.8, 4) is 0 Å². The molecule has 1 amide bonds. The van der Waals surface area contributed by atoms with E-state index in [0.717, 1.165) is 11.3 Å². The first-order valence-corrected chi connectivity index (χ1v) is 6.48. The van der Waals surface area contributed by atoms with E-state index < -0.39 is 11.0 Å². The van der Waals surface area contributed by atoms with Crippen molar-refractivity contribution in [1.29, 1.82) is 0 Å². The van der Waals surface area contributed by atoms with Crippen LogP contribution in [0.5, 0.6) is 0 Å². The van der Waals surface area contributed by atoms with Crippen LogP contribution >= 0.6 is 0 Å². The van der Waals surface area contributed by atoms with E-state index in [1.807, 2.05) is 24.3 Å². The lowest BCUT2D eigenvalue weighted by Crippen LogP contribution is -2.20. The molecular formula is C15H13N3O3. The zero-order valence-electron chi connectivity index (χ0n) is 11.3. The Morgan fingerprint density at radius 2 is 1.95 bits per heavy atom. The fraction of sp³-hybridized carbons (Fsp3) is 0.133. The first-order chi connectivity index (χ1) is 10.1. The van der Waals surface area contributed by atoms with Gasteiger partial charge in [0.2, 0.25) is 0 Å². The monoisotopic (exact) mass is 283 g/mol. The van der Waals surface area contributed by atoms with E-state index in [0.29, 0.717) is 11.3 Å². The number of rotatable bonds is 3. The number of nitrogens with one attached hydrogen (secondary N) is 2. The number of carbonyl (C=O) groups is 1. The maximum Gasteiger partial charge on any atom is 0.274 e. The Morgan fingerprint density at radius 1 is 1.19 bits per heavy atom. The van der Waals surface area contributed by atoms with Gasteiger partial charge in [-0.3, -0.25) is 14.9 Å². The highest BCUT2D eigenvalue weighted by Crippen LogP contribution is 2.35. The van der Waals surface area contributed by atoms with E-state index in [9.17, 15) is 14.9 Å². The van der Waals surface area contributed by atoms with Crippen LogP contribution in [0.3, 0.4) is 0 Å². The van der Waals surface area contributed by atoms with Crippen LogP contribution in [-0.4, -0.2) is 10.8 Å². The van der Waals surface area contributed by atoms with E-state index in [2.05, 4.69) is 10.6 Å². The number of carbonyl (C=O) groups excluding carboxylic acids is 1. The molecule has 2 N–H and O–H groups in total. The number of anilines is 2. The van der Waals surface area contributed by atoms with Gasteiger partial charge in [-0.05, 0) is 19.1 Å². The maximum atomic E-state index is 12.1. The standard InChI is InChI=1S/C15H13N3O3/c1-9-11(7-4-8-13(9)18(20)21)16-14-10-5-2-3-6-12(10)17-15(14)19/h2-8,14,16H,1H3,(H,17,19). The lowest BCUT2D eigenvalue weighted by atomic mass is 10.1. The van der Waals surface area contributed by atoms with E-state index in [-0.39, 0.29) is 11.6 Å². The van der Waals surface area contributed by atoms with E-state index in [1.54, 1.807) is 19.1 Å². The zero-order valence-corrected chi connectivity index (χ0v) is 11.3.